The summed E-state index contributed by atoms with van der Waals surface area (Å²) in [5, 5.41) is 14.2. The molecule has 0 radical (unpaired) electrons. The molecule has 1 aromatic heterocycles. The largest absolute Gasteiger partial charge is 0.378 e. The van der Waals surface area contributed by atoms with Crippen molar-refractivity contribution in [1.82, 2.24) is 15.5 Å². The minimum Gasteiger partial charge on any atom is -0.378 e. The summed E-state index contributed by atoms with van der Waals surface area (Å²) in [6.45, 7) is 5.18. The van der Waals surface area contributed by atoms with Gasteiger partial charge >= 0.3 is 0 Å². The van der Waals surface area contributed by atoms with Gasteiger partial charge in [-0.2, -0.15) is 0 Å². The maximum Gasteiger partial charge on any atom is 0.120 e. The second kappa shape index (κ2) is 7.81. The molecular formula is C13H23N3OS. The first kappa shape index (κ1) is 13.9. The molecule has 0 saturated carbocycles. The van der Waals surface area contributed by atoms with Crippen molar-refractivity contribution in [3.63, 3.8) is 0 Å². The third-order valence-electron chi connectivity index (χ3n) is 3.13. The van der Waals surface area contributed by atoms with Crippen molar-refractivity contribution in [2.75, 3.05) is 19.7 Å². The fourth-order valence-electron chi connectivity index (χ4n) is 2.13. The van der Waals surface area contributed by atoms with Crippen LogP contribution >= 0.6 is 11.3 Å². The Morgan fingerprint density at radius 1 is 1.28 bits per heavy atom. The molecule has 102 valence electrons. The lowest BCUT2D eigenvalue weighted by atomic mass is 10.1. The van der Waals surface area contributed by atoms with Crippen molar-refractivity contribution >= 4 is 11.3 Å². The van der Waals surface area contributed by atoms with Crippen molar-refractivity contribution in [3.8, 4) is 0 Å². The van der Waals surface area contributed by atoms with Crippen LogP contribution in [0.5, 0.6) is 0 Å². The normalized spacial score (nSPS) is 20.2. The molecule has 4 nitrogen and oxygen atoms in total. The van der Waals surface area contributed by atoms with Crippen LogP contribution in [0, 0.1) is 0 Å². The van der Waals surface area contributed by atoms with Crippen molar-refractivity contribution in [3.05, 3.63) is 10.0 Å². The summed E-state index contributed by atoms with van der Waals surface area (Å²) < 4.78 is 5.73. The van der Waals surface area contributed by atoms with Crippen LogP contribution in [-0.2, 0) is 17.6 Å². The summed E-state index contributed by atoms with van der Waals surface area (Å²) in [7, 11) is 0. The van der Waals surface area contributed by atoms with E-state index < -0.39 is 0 Å². The molecule has 0 spiro atoms. The molecule has 0 aromatic carbocycles. The molecule has 1 unspecified atom stereocenters. The van der Waals surface area contributed by atoms with Gasteiger partial charge < -0.3 is 10.1 Å². The van der Waals surface area contributed by atoms with Crippen LogP contribution in [0.2, 0.25) is 0 Å². The highest BCUT2D eigenvalue weighted by atomic mass is 32.1. The van der Waals surface area contributed by atoms with Gasteiger partial charge in [0.1, 0.15) is 10.0 Å². The molecule has 1 aromatic rings. The maximum atomic E-state index is 5.73. The Labute approximate surface area is 113 Å². The monoisotopic (exact) mass is 269 g/mol. The zero-order valence-electron chi connectivity index (χ0n) is 11.2. The first-order chi connectivity index (χ1) is 8.88. The van der Waals surface area contributed by atoms with Crippen molar-refractivity contribution < 1.29 is 4.74 Å². The van der Waals surface area contributed by atoms with Gasteiger partial charge in [-0.05, 0) is 32.2 Å². The molecule has 1 aliphatic rings. The van der Waals surface area contributed by atoms with Crippen LogP contribution in [0.15, 0.2) is 0 Å². The zero-order chi connectivity index (χ0) is 12.6. The molecule has 1 atom stereocenters. The highest BCUT2D eigenvalue weighted by Crippen LogP contribution is 2.19. The second-order valence-corrected chi connectivity index (χ2v) is 5.93. The highest BCUT2D eigenvalue weighted by Gasteiger charge is 2.16. The molecule has 5 heteroatoms. The van der Waals surface area contributed by atoms with Crippen molar-refractivity contribution in [1.29, 1.82) is 0 Å². The SMILES string of the molecule is CCCNCCc1nnc(CC2CCCCO2)s1. The van der Waals surface area contributed by atoms with Crippen LogP contribution < -0.4 is 5.32 Å². The minimum absolute atomic E-state index is 0.373. The van der Waals surface area contributed by atoms with E-state index in [0.29, 0.717) is 6.10 Å². The number of hydrogen-bond acceptors (Lipinski definition) is 5. The lowest BCUT2D eigenvalue weighted by molar-refractivity contribution is 0.0167. The van der Waals surface area contributed by atoms with Crippen LogP contribution in [0.4, 0.5) is 0 Å². The van der Waals surface area contributed by atoms with Crippen LogP contribution in [-0.4, -0.2) is 36.0 Å². The average molecular weight is 269 g/mol. The van der Waals surface area contributed by atoms with Crippen LogP contribution in [0.3, 0.4) is 0 Å². The molecule has 1 N–H and O–H groups in total. The van der Waals surface area contributed by atoms with Crippen molar-refractivity contribution in [2.45, 2.75) is 51.6 Å². The molecule has 2 heterocycles. The minimum atomic E-state index is 0.373. The molecule has 2 rings (SSSR count). The van der Waals surface area contributed by atoms with Gasteiger partial charge in [-0.3, -0.25) is 0 Å². The lowest BCUT2D eigenvalue weighted by Crippen LogP contribution is -2.21. The molecule has 0 bridgehead atoms. The van der Waals surface area contributed by atoms with E-state index in [9.17, 15) is 0 Å². The van der Waals surface area contributed by atoms with Crippen molar-refractivity contribution in [2.24, 2.45) is 0 Å². The number of ether oxygens (including phenoxy) is 1. The number of hydrogen-bond donors (Lipinski definition) is 1. The van der Waals surface area contributed by atoms with Crippen LogP contribution in [0.25, 0.3) is 0 Å². The number of aromatic nitrogens is 2. The fraction of sp³-hybridized carbons (Fsp3) is 0.846. The van der Waals surface area contributed by atoms with Gasteiger partial charge in [-0.25, -0.2) is 0 Å². The van der Waals surface area contributed by atoms with Gasteiger partial charge in [0.15, 0.2) is 0 Å². The maximum absolute atomic E-state index is 5.73. The summed E-state index contributed by atoms with van der Waals surface area (Å²) in [6.07, 6.45) is 7.16. The van der Waals surface area contributed by atoms with E-state index in [1.165, 1.54) is 25.7 Å². The van der Waals surface area contributed by atoms with E-state index in [2.05, 4.69) is 22.4 Å². The smallest absolute Gasteiger partial charge is 0.120 e. The van der Waals surface area contributed by atoms with Gasteiger partial charge in [0.05, 0.1) is 6.10 Å². The summed E-state index contributed by atoms with van der Waals surface area (Å²) >= 11 is 1.74. The van der Waals surface area contributed by atoms with Gasteiger partial charge in [0.2, 0.25) is 0 Å². The van der Waals surface area contributed by atoms with E-state index in [-0.39, 0.29) is 0 Å². The lowest BCUT2D eigenvalue weighted by Gasteiger charge is -2.21. The van der Waals surface area contributed by atoms with E-state index in [1.54, 1.807) is 11.3 Å². The standard InChI is InChI=1S/C13H23N3OS/c1-2-7-14-8-6-12-15-16-13(18-12)10-11-5-3-4-9-17-11/h11,14H,2-10H2,1H3. The summed E-state index contributed by atoms with van der Waals surface area (Å²) in [4.78, 5) is 0. The molecule has 1 saturated heterocycles. The molecule has 0 aliphatic carbocycles. The summed E-state index contributed by atoms with van der Waals surface area (Å²) in [6, 6.07) is 0. The zero-order valence-corrected chi connectivity index (χ0v) is 12.0. The quantitative estimate of drug-likeness (QED) is 0.771. The summed E-state index contributed by atoms with van der Waals surface area (Å²) in [5.74, 6) is 0. The predicted octanol–water partition coefficient (Wildman–Crippen LogP) is 2.19. The van der Waals surface area contributed by atoms with Crippen LogP contribution in [0.1, 0.15) is 42.6 Å². The van der Waals surface area contributed by atoms with Gasteiger partial charge in [-0.15, -0.1) is 21.5 Å². The first-order valence-electron chi connectivity index (χ1n) is 7.02. The van der Waals surface area contributed by atoms with E-state index in [1.807, 2.05) is 0 Å². The molecule has 1 fully saturated rings. The number of nitrogens with zero attached hydrogens (tertiary/aromatic N) is 2. The Morgan fingerprint density at radius 2 is 2.17 bits per heavy atom. The first-order valence-corrected chi connectivity index (χ1v) is 7.83. The van der Waals surface area contributed by atoms with E-state index in [4.69, 9.17) is 4.74 Å². The Kier molecular flexibility index (Phi) is 6.04. The molecule has 18 heavy (non-hydrogen) atoms. The topological polar surface area (TPSA) is 47.0 Å². The fourth-order valence-corrected chi connectivity index (χ4v) is 3.04. The number of nitrogens with one attached hydrogen (secondary N) is 1. The predicted molar refractivity (Wildman–Crippen MR) is 74.1 cm³/mol. The van der Waals surface area contributed by atoms with Gasteiger partial charge in [-0.1, -0.05) is 6.92 Å². The Balaban J connectivity index is 1.71. The third kappa shape index (κ3) is 4.63. The van der Waals surface area contributed by atoms with E-state index >= 15 is 0 Å². The molecule has 0 amide bonds. The van der Waals surface area contributed by atoms with Gasteiger partial charge in [0.25, 0.3) is 0 Å². The number of rotatable bonds is 7. The highest BCUT2D eigenvalue weighted by molar-refractivity contribution is 7.11. The second-order valence-electron chi connectivity index (χ2n) is 4.78. The molecule has 1 aliphatic heterocycles. The average Bonchev–Trinajstić information content (AvgIpc) is 2.84. The third-order valence-corrected chi connectivity index (χ3v) is 4.13. The Bertz CT molecular complexity index is 337. The summed E-state index contributed by atoms with van der Waals surface area (Å²) in [5.41, 5.74) is 0. The van der Waals surface area contributed by atoms with Gasteiger partial charge in [0, 0.05) is 26.0 Å². The molecular weight excluding hydrogens is 246 g/mol. The Hall–Kier alpha value is -0.520. The Morgan fingerprint density at radius 3 is 2.94 bits per heavy atom. The van der Waals surface area contributed by atoms with E-state index in [0.717, 1.165) is 42.6 Å².